The van der Waals surface area contributed by atoms with Crippen molar-refractivity contribution in [3.05, 3.63) is 177 Å². The van der Waals surface area contributed by atoms with Crippen LogP contribution in [-0.4, -0.2) is 79.0 Å². The lowest BCUT2D eigenvalue weighted by atomic mass is 10.1. The van der Waals surface area contributed by atoms with Gasteiger partial charge in [0.05, 0.1) is 49.2 Å². The van der Waals surface area contributed by atoms with Gasteiger partial charge in [-0.1, -0.05) is 23.7 Å². The minimum atomic E-state index is -4.51. The van der Waals surface area contributed by atoms with Crippen molar-refractivity contribution in [2.45, 2.75) is 70.1 Å². The Kier molecular flexibility index (Phi) is 19.0. The van der Waals surface area contributed by atoms with E-state index in [1.54, 1.807) is 36.4 Å². The number of nitrogen functional groups attached to an aromatic ring is 1. The molecule has 0 spiro atoms. The molecule has 0 amide bonds. The zero-order chi connectivity index (χ0) is 59.4. The van der Waals surface area contributed by atoms with Gasteiger partial charge in [0.15, 0.2) is 0 Å². The van der Waals surface area contributed by atoms with Gasteiger partial charge in [-0.25, -0.2) is 29.9 Å². The maximum absolute atomic E-state index is 13.0. The smallest absolute Gasteiger partial charge is 0.416 e. The van der Waals surface area contributed by atoms with Crippen LogP contribution in [0.5, 0.6) is 11.6 Å². The molecule has 436 valence electrons. The monoisotopic (exact) mass is 1180 g/mol. The summed E-state index contributed by atoms with van der Waals surface area (Å²) in [6.07, 6.45) is 5.29. The summed E-state index contributed by atoms with van der Waals surface area (Å²) in [5.74, 6) is 0.315. The summed E-state index contributed by atoms with van der Waals surface area (Å²) in [5, 5.41) is 26.1. The number of benzene rings is 5. The van der Waals surface area contributed by atoms with Crippen molar-refractivity contribution in [2.24, 2.45) is 0 Å². The van der Waals surface area contributed by atoms with E-state index in [9.17, 15) is 46.6 Å². The molecule has 3 N–H and O–H groups in total. The molecule has 0 aliphatic carbocycles. The van der Waals surface area contributed by atoms with E-state index in [4.69, 9.17) is 22.1 Å². The third-order valence-electron chi connectivity index (χ3n) is 14.2. The van der Waals surface area contributed by atoms with Gasteiger partial charge in [0.1, 0.15) is 35.7 Å². The first-order chi connectivity index (χ1) is 40.4. The molecule has 3 aliphatic rings. The Balaban J connectivity index is 0.000000154. The first kappa shape index (κ1) is 59.4. The van der Waals surface area contributed by atoms with Gasteiger partial charge < -0.3 is 30.5 Å². The predicted molar refractivity (Wildman–Crippen MR) is 310 cm³/mol. The van der Waals surface area contributed by atoms with Gasteiger partial charge in [-0.2, -0.15) is 26.3 Å². The van der Waals surface area contributed by atoms with Crippen molar-refractivity contribution in [2.75, 3.05) is 65.0 Å². The van der Waals surface area contributed by atoms with E-state index in [0.29, 0.717) is 34.1 Å². The molecule has 25 heteroatoms. The van der Waals surface area contributed by atoms with E-state index in [2.05, 4.69) is 49.9 Å². The van der Waals surface area contributed by atoms with E-state index < -0.39 is 33.3 Å². The number of nitrogens with zero attached hydrogens (tertiary/aromatic N) is 11. The molecule has 6 heterocycles. The number of piperidine rings is 3. The number of rotatable bonds is 12. The van der Waals surface area contributed by atoms with Crippen LogP contribution in [0.3, 0.4) is 0 Å². The third kappa shape index (κ3) is 15.5. The molecular weight excluding hydrogens is 1120 g/mol. The van der Waals surface area contributed by atoms with Crippen LogP contribution >= 0.6 is 11.6 Å². The van der Waals surface area contributed by atoms with Crippen LogP contribution < -0.4 is 30.5 Å². The van der Waals surface area contributed by atoms with Crippen molar-refractivity contribution in [3.63, 3.8) is 0 Å². The van der Waals surface area contributed by atoms with Crippen molar-refractivity contribution in [3.8, 4) is 45.4 Å². The van der Waals surface area contributed by atoms with Crippen molar-refractivity contribution in [1.29, 1.82) is 0 Å². The summed E-state index contributed by atoms with van der Waals surface area (Å²) in [7, 11) is 0. The zero-order valence-electron chi connectivity index (χ0n) is 45.1. The molecule has 0 atom stereocenters. The SMILES string of the molecule is Nc1ccc(N2CCCCC2)cc1-c1cc(Nc2cccc(C(F)(F)F)c2)ncn1.O=[N+]([O-])c1ccc(N2CCCCC2)cc1-c1cc(Cl)ncn1.O=[N+]([O-])c1ccc(N2CCCCC2)cc1-c1cc(Oc2cccc(C(F)(F)F)c2)ncn1. The average Bonchev–Trinajstić information content (AvgIpc) is 3.70. The lowest BCUT2D eigenvalue weighted by Gasteiger charge is -2.29. The largest absolute Gasteiger partial charge is 0.439 e. The molecule has 0 saturated carbocycles. The molecule has 3 aromatic heterocycles. The zero-order valence-corrected chi connectivity index (χ0v) is 45.8. The van der Waals surface area contributed by atoms with Gasteiger partial charge in [-0.15, -0.1) is 0 Å². The van der Waals surface area contributed by atoms with E-state index >= 15 is 0 Å². The Morgan fingerprint density at radius 3 is 1.46 bits per heavy atom. The summed E-state index contributed by atoms with van der Waals surface area (Å²) < 4.78 is 83.2. The lowest BCUT2D eigenvalue weighted by Crippen LogP contribution is -2.29. The number of nitrogens with one attached hydrogen (secondary N) is 1. The molecule has 18 nitrogen and oxygen atoms in total. The average molecular weight is 1180 g/mol. The molecule has 11 rings (SSSR count). The van der Waals surface area contributed by atoms with Gasteiger partial charge in [0.2, 0.25) is 5.88 Å². The fourth-order valence-corrected chi connectivity index (χ4v) is 10.1. The second kappa shape index (κ2) is 26.8. The Labute approximate surface area is 483 Å². The Hall–Kier alpha value is -9.19. The summed E-state index contributed by atoms with van der Waals surface area (Å²) in [6.45, 7) is 5.70. The van der Waals surface area contributed by atoms with Crippen molar-refractivity contribution >= 4 is 57.2 Å². The number of hydrogen-bond acceptors (Lipinski definition) is 16. The number of nitrogens with two attached hydrogens (primary N) is 1. The highest BCUT2D eigenvalue weighted by molar-refractivity contribution is 6.29. The Bertz CT molecular complexity index is 3600. The Morgan fingerprint density at radius 1 is 0.500 bits per heavy atom. The second-order valence-electron chi connectivity index (χ2n) is 19.9. The molecule has 0 radical (unpaired) electrons. The van der Waals surface area contributed by atoms with Crippen molar-refractivity contribution in [1.82, 2.24) is 29.9 Å². The molecular formula is C59H56ClF6N13O5. The van der Waals surface area contributed by atoms with E-state index in [0.717, 1.165) is 137 Å². The second-order valence-corrected chi connectivity index (χ2v) is 20.3. The summed E-state index contributed by atoms with van der Waals surface area (Å²) >= 11 is 5.88. The minimum Gasteiger partial charge on any atom is -0.439 e. The predicted octanol–water partition coefficient (Wildman–Crippen LogP) is 15.0. The highest BCUT2D eigenvalue weighted by Gasteiger charge is 2.32. The molecule has 84 heavy (non-hydrogen) atoms. The number of aromatic nitrogens is 6. The molecule has 0 bridgehead atoms. The van der Waals surface area contributed by atoms with Crippen LogP contribution in [0.4, 0.5) is 72.0 Å². The normalized spacial score (nSPS) is 14.5. The Morgan fingerprint density at radius 2 is 0.952 bits per heavy atom. The highest BCUT2D eigenvalue weighted by Crippen LogP contribution is 2.39. The van der Waals surface area contributed by atoms with Crippen LogP contribution in [0.15, 0.2) is 140 Å². The number of ether oxygens (including phenoxy) is 1. The molecule has 0 unspecified atom stereocenters. The first-order valence-electron chi connectivity index (χ1n) is 27.0. The van der Waals surface area contributed by atoms with E-state index in [1.165, 1.54) is 61.9 Å². The van der Waals surface area contributed by atoms with E-state index in [-0.39, 0.29) is 39.4 Å². The number of alkyl halides is 6. The summed E-state index contributed by atoms with van der Waals surface area (Å²) in [5.41, 5.74) is 11.2. The number of nitro benzene ring substituents is 2. The van der Waals surface area contributed by atoms with Crippen LogP contribution in [0.1, 0.15) is 68.9 Å². The molecule has 3 fully saturated rings. The topological polar surface area (TPSA) is 221 Å². The van der Waals surface area contributed by atoms with Crippen LogP contribution in [0.25, 0.3) is 33.8 Å². The van der Waals surface area contributed by atoms with Crippen LogP contribution in [0.2, 0.25) is 5.15 Å². The van der Waals surface area contributed by atoms with Gasteiger partial charge >= 0.3 is 12.4 Å². The summed E-state index contributed by atoms with van der Waals surface area (Å²) in [6, 6.07) is 29.9. The van der Waals surface area contributed by atoms with Crippen LogP contribution in [0, 0.1) is 20.2 Å². The van der Waals surface area contributed by atoms with Gasteiger partial charge in [-0.3, -0.25) is 20.2 Å². The maximum Gasteiger partial charge on any atom is 0.416 e. The standard InChI is InChI=1S/C22H22F3N5.C22H19F3N4O3.C15H15ClN4O2/c23-22(24,25)15-5-4-6-16(11-15)29-21-13-20(27-14-28-21)18-12-17(7-8-19(18)26)30-9-2-1-3-10-30;23-22(24,25)15-5-4-6-17(11-15)32-21-13-19(26-14-27-21)18-12-16(7-8-20(18)29(30)31)28-9-2-1-3-10-28;16-15-9-13(17-10-18-15)12-8-11(4-5-14(12)20(21)22)19-6-2-1-3-7-19/h4-8,11-14H,1-3,9-10,26H2,(H,27,28,29);4-8,11-14H,1-3,9-10H2;4-5,8-10H,1-3,6-7H2. The number of anilines is 6. The highest BCUT2D eigenvalue weighted by atomic mass is 35.5. The number of nitro groups is 2. The van der Waals surface area contributed by atoms with Gasteiger partial charge in [0, 0.05) is 104 Å². The lowest BCUT2D eigenvalue weighted by molar-refractivity contribution is -0.384. The summed E-state index contributed by atoms with van der Waals surface area (Å²) in [4.78, 5) is 53.2. The maximum atomic E-state index is 13.0. The molecule has 5 aromatic carbocycles. The number of hydrogen-bond donors (Lipinski definition) is 2. The van der Waals surface area contributed by atoms with E-state index in [1.807, 2.05) is 24.3 Å². The number of halogens is 7. The van der Waals surface area contributed by atoms with Crippen molar-refractivity contribution < 1.29 is 40.9 Å². The van der Waals surface area contributed by atoms with Gasteiger partial charge in [-0.05, 0) is 137 Å². The fourth-order valence-electron chi connectivity index (χ4n) is 9.96. The minimum absolute atomic E-state index is 0.0213. The molecule has 3 saturated heterocycles. The molecule has 8 aromatic rings. The van der Waals surface area contributed by atoms with Crippen LogP contribution in [-0.2, 0) is 12.4 Å². The van der Waals surface area contributed by atoms with Gasteiger partial charge in [0.25, 0.3) is 11.4 Å². The third-order valence-corrected chi connectivity index (χ3v) is 14.4. The molecule has 3 aliphatic heterocycles. The fraction of sp³-hybridized carbons (Fsp3) is 0.288. The first-order valence-corrected chi connectivity index (χ1v) is 27.4. The quantitative estimate of drug-likeness (QED) is 0.0382.